The van der Waals surface area contributed by atoms with E-state index >= 15 is 0 Å². The van der Waals surface area contributed by atoms with Crippen molar-refractivity contribution in [3.05, 3.63) is 12.3 Å². The molecule has 8 nitrogen and oxygen atoms in total. The Morgan fingerprint density at radius 3 is 2.54 bits per heavy atom. The number of anilines is 2. The molecule has 1 aromatic rings. The minimum Gasteiger partial charge on any atom is -0.489 e. The first kappa shape index (κ1) is 20.0. The first-order valence-corrected chi connectivity index (χ1v) is 8.58. The van der Waals surface area contributed by atoms with Crippen LogP contribution in [0.2, 0.25) is 0 Å². The molecule has 1 aliphatic carbocycles. The second kappa shape index (κ2) is 7.90. The molecule has 0 unspecified atom stereocenters. The third kappa shape index (κ3) is 4.85. The number of rotatable bonds is 6. The number of methoxy groups -OCH3 is 1. The molecule has 26 heavy (non-hydrogen) atoms. The smallest absolute Gasteiger partial charge is 0.412 e. The number of pyridine rings is 1. The number of carbonyl (C=O) groups is 2. The van der Waals surface area contributed by atoms with Crippen LogP contribution in [-0.4, -0.2) is 47.5 Å². The second-order valence-corrected chi connectivity index (χ2v) is 7.51. The molecule has 1 aromatic heterocycles. The van der Waals surface area contributed by atoms with Gasteiger partial charge in [-0.3, -0.25) is 9.69 Å². The van der Waals surface area contributed by atoms with Gasteiger partial charge in [0.25, 0.3) is 0 Å². The molecule has 0 aliphatic heterocycles. The molecule has 0 aromatic carbocycles. The fraction of sp³-hybridized carbons (Fsp3) is 0.611. The number of hydrogen-bond acceptors (Lipinski definition) is 5. The summed E-state index contributed by atoms with van der Waals surface area (Å²) in [7, 11) is 1.69. The highest BCUT2D eigenvalue weighted by atomic mass is 16.5. The third-order valence-electron chi connectivity index (χ3n) is 4.25. The Labute approximate surface area is 153 Å². The van der Waals surface area contributed by atoms with Gasteiger partial charge in [0.15, 0.2) is 5.75 Å². The van der Waals surface area contributed by atoms with Crippen LogP contribution < -0.4 is 15.0 Å². The number of nitrogens with one attached hydrogen (secondary N) is 1. The van der Waals surface area contributed by atoms with Crippen LogP contribution >= 0.6 is 0 Å². The van der Waals surface area contributed by atoms with Gasteiger partial charge in [0.05, 0.1) is 24.6 Å². The summed E-state index contributed by atoms with van der Waals surface area (Å²) in [5.74, 6) is 0.737. The molecule has 0 bridgehead atoms. The van der Waals surface area contributed by atoms with E-state index in [4.69, 9.17) is 9.47 Å². The largest absolute Gasteiger partial charge is 0.489 e. The van der Waals surface area contributed by atoms with Crippen LogP contribution in [0.25, 0.3) is 0 Å². The molecule has 0 radical (unpaired) electrons. The normalized spacial score (nSPS) is 19.4. The predicted octanol–water partition coefficient (Wildman–Crippen LogP) is 3.13. The average molecular weight is 365 g/mol. The van der Waals surface area contributed by atoms with Crippen LogP contribution in [0.15, 0.2) is 12.3 Å². The number of ether oxygens (including phenoxy) is 2. The highest BCUT2D eigenvalue weighted by molar-refractivity contribution is 5.92. The molecule has 1 heterocycles. The lowest BCUT2D eigenvalue weighted by Crippen LogP contribution is -2.45. The fourth-order valence-corrected chi connectivity index (χ4v) is 2.93. The van der Waals surface area contributed by atoms with Gasteiger partial charge in [-0.2, -0.15) is 0 Å². The minimum atomic E-state index is -1.11. The van der Waals surface area contributed by atoms with Crippen molar-refractivity contribution < 1.29 is 24.2 Å². The number of hydrogen-bond donors (Lipinski definition) is 2. The van der Waals surface area contributed by atoms with E-state index in [0.29, 0.717) is 24.0 Å². The highest BCUT2D eigenvalue weighted by Crippen LogP contribution is 2.36. The standard InChI is InChI=1S/C18H27N3O5/c1-11(22)20-16-8-14(21(17(23)24)18(2,3)4)15(9-19-16)26-10-12-6-13(7-12)25-5/h8-9,12-13H,6-7,10H2,1-5H3,(H,23,24)(H,19,20,22). The Morgan fingerprint density at radius 1 is 1.38 bits per heavy atom. The Kier molecular flexibility index (Phi) is 6.07. The molecule has 2 amide bonds. The van der Waals surface area contributed by atoms with Crippen molar-refractivity contribution >= 4 is 23.5 Å². The molecule has 1 saturated carbocycles. The lowest BCUT2D eigenvalue weighted by Gasteiger charge is -2.36. The molecule has 2 rings (SSSR count). The van der Waals surface area contributed by atoms with Crippen molar-refractivity contribution in [2.24, 2.45) is 5.92 Å². The van der Waals surface area contributed by atoms with Crippen molar-refractivity contribution in [1.29, 1.82) is 0 Å². The number of nitrogens with zero attached hydrogens (tertiary/aromatic N) is 2. The van der Waals surface area contributed by atoms with E-state index in [9.17, 15) is 14.7 Å². The molecule has 0 saturated heterocycles. The van der Waals surface area contributed by atoms with Gasteiger partial charge in [-0.05, 0) is 39.5 Å². The zero-order valence-corrected chi connectivity index (χ0v) is 15.9. The minimum absolute atomic E-state index is 0.272. The molecule has 0 spiro atoms. The van der Waals surface area contributed by atoms with E-state index in [2.05, 4.69) is 10.3 Å². The van der Waals surface area contributed by atoms with Crippen LogP contribution in [0.4, 0.5) is 16.3 Å². The maximum absolute atomic E-state index is 11.9. The van der Waals surface area contributed by atoms with Gasteiger partial charge in [0.1, 0.15) is 5.82 Å². The maximum Gasteiger partial charge on any atom is 0.412 e. The quantitative estimate of drug-likeness (QED) is 0.803. The predicted molar refractivity (Wildman–Crippen MR) is 97.8 cm³/mol. The van der Waals surface area contributed by atoms with Crippen LogP contribution in [-0.2, 0) is 9.53 Å². The lowest BCUT2D eigenvalue weighted by atomic mass is 9.83. The van der Waals surface area contributed by atoms with Crippen LogP contribution in [0, 0.1) is 5.92 Å². The van der Waals surface area contributed by atoms with E-state index < -0.39 is 11.6 Å². The van der Waals surface area contributed by atoms with Gasteiger partial charge in [0.2, 0.25) is 5.91 Å². The molecular formula is C18H27N3O5. The highest BCUT2D eigenvalue weighted by Gasteiger charge is 2.33. The van der Waals surface area contributed by atoms with Gasteiger partial charge in [0, 0.05) is 25.6 Å². The van der Waals surface area contributed by atoms with Crippen LogP contribution in [0.1, 0.15) is 40.5 Å². The molecule has 0 atom stereocenters. The fourth-order valence-electron chi connectivity index (χ4n) is 2.93. The first-order chi connectivity index (χ1) is 12.1. The van der Waals surface area contributed by atoms with Gasteiger partial charge >= 0.3 is 6.09 Å². The zero-order chi connectivity index (χ0) is 19.5. The first-order valence-electron chi connectivity index (χ1n) is 8.58. The molecule has 2 N–H and O–H groups in total. The van der Waals surface area contributed by atoms with E-state index in [1.165, 1.54) is 24.1 Å². The van der Waals surface area contributed by atoms with Gasteiger partial charge in [-0.25, -0.2) is 9.78 Å². The summed E-state index contributed by atoms with van der Waals surface area (Å²) >= 11 is 0. The molecule has 1 aliphatic rings. The van der Waals surface area contributed by atoms with Gasteiger partial charge in [-0.15, -0.1) is 0 Å². The van der Waals surface area contributed by atoms with E-state index in [0.717, 1.165) is 12.8 Å². The second-order valence-electron chi connectivity index (χ2n) is 7.51. The van der Waals surface area contributed by atoms with Crippen LogP contribution in [0.5, 0.6) is 5.75 Å². The van der Waals surface area contributed by atoms with Crippen molar-refractivity contribution in [3.8, 4) is 5.75 Å². The summed E-state index contributed by atoms with van der Waals surface area (Å²) in [6.45, 7) is 7.20. The maximum atomic E-state index is 11.9. The summed E-state index contributed by atoms with van der Waals surface area (Å²) in [6, 6.07) is 1.52. The van der Waals surface area contributed by atoms with Crippen LogP contribution in [0.3, 0.4) is 0 Å². The van der Waals surface area contributed by atoms with E-state index in [1.54, 1.807) is 27.9 Å². The number of carboxylic acid groups (broad SMARTS) is 1. The Hall–Kier alpha value is -2.35. The monoisotopic (exact) mass is 365 g/mol. The topological polar surface area (TPSA) is 101 Å². The number of amides is 2. The summed E-state index contributed by atoms with van der Waals surface area (Å²) in [5.41, 5.74) is -0.345. The Bertz CT molecular complexity index is 665. The number of carbonyl (C=O) groups excluding carboxylic acids is 1. The van der Waals surface area contributed by atoms with E-state index in [1.807, 2.05) is 0 Å². The van der Waals surface area contributed by atoms with Gasteiger partial charge in [-0.1, -0.05) is 0 Å². The average Bonchev–Trinajstić information content (AvgIpc) is 2.45. The molecule has 1 fully saturated rings. The summed E-state index contributed by atoms with van der Waals surface area (Å²) in [6.07, 6.45) is 2.46. The summed E-state index contributed by atoms with van der Waals surface area (Å²) < 4.78 is 11.1. The molecule has 8 heteroatoms. The zero-order valence-electron chi connectivity index (χ0n) is 15.9. The molecule has 144 valence electrons. The lowest BCUT2D eigenvalue weighted by molar-refractivity contribution is -0.114. The molecular weight excluding hydrogens is 338 g/mol. The van der Waals surface area contributed by atoms with E-state index in [-0.39, 0.29) is 17.8 Å². The Morgan fingerprint density at radius 2 is 2.04 bits per heavy atom. The number of aromatic nitrogens is 1. The summed E-state index contributed by atoms with van der Waals surface area (Å²) in [4.78, 5) is 28.5. The van der Waals surface area contributed by atoms with Crippen molar-refractivity contribution in [2.75, 3.05) is 23.9 Å². The SMILES string of the molecule is COC1CC(COc2cnc(NC(C)=O)cc2N(C(=O)O)C(C)(C)C)C1. The third-order valence-corrected chi connectivity index (χ3v) is 4.25. The van der Waals surface area contributed by atoms with Gasteiger partial charge < -0.3 is 19.9 Å². The van der Waals surface area contributed by atoms with Crippen molar-refractivity contribution in [3.63, 3.8) is 0 Å². The summed E-state index contributed by atoms with van der Waals surface area (Å²) in [5, 5.41) is 12.3. The Balaban J connectivity index is 2.27. The van der Waals surface area contributed by atoms with Crippen molar-refractivity contribution in [2.45, 2.75) is 52.2 Å². The van der Waals surface area contributed by atoms with Crippen molar-refractivity contribution in [1.82, 2.24) is 4.98 Å².